The summed E-state index contributed by atoms with van der Waals surface area (Å²) in [7, 11) is 0. The first-order valence-corrected chi connectivity index (χ1v) is 6.93. The van der Waals surface area contributed by atoms with Gasteiger partial charge in [0.25, 0.3) is 0 Å². The van der Waals surface area contributed by atoms with Gasteiger partial charge >= 0.3 is 0 Å². The van der Waals surface area contributed by atoms with Gasteiger partial charge in [-0.15, -0.1) is 0 Å². The molecule has 1 aromatic carbocycles. The Kier molecular flexibility index (Phi) is 6.73. The lowest BCUT2D eigenvalue weighted by molar-refractivity contribution is 0.257. The topological polar surface area (TPSA) is 29.3 Å². The lowest BCUT2D eigenvalue weighted by atomic mass is 10.1. The minimum absolute atomic E-state index is 0.240. The summed E-state index contributed by atoms with van der Waals surface area (Å²) in [6.07, 6.45) is 4.75. The van der Waals surface area contributed by atoms with Crippen molar-refractivity contribution in [1.82, 2.24) is 4.90 Å². The van der Waals surface area contributed by atoms with Crippen LogP contribution in [0.1, 0.15) is 45.1 Å². The summed E-state index contributed by atoms with van der Waals surface area (Å²) in [5.74, 6) is -0.240. The van der Waals surface area contributed by atoms with Crippen molar-refractivity contribution in [3.63, 3.8) is 0 Å². The largest absolute Gasteiger partial charge is 0.399 e. The van der Waals surface area contributed by atoms with Crippen molar-refractivity contribution < 1.29 is 4.39 Å². The van der Waals surface area contributed by atoms with E-state index in [2.05, 4.69) is 18.7 Å². The zero-order valence-electron chi connectivity index (χ0n) is 11.6. The number of hydrogen-bond acceptors (Lipinski definition) is 2. The Hall–Kier alpha value is -1.09. The van der Waals surface area contributed by atoms with E-state index >= 15 is 0 Å². The number of nitrogen functional groups attached to an aromatic ring is 1. The minimum Gasteiger partial charge on any atom is -0.399 e. The average Bonchev–Trinajstić information content (AvgIpc) is 2.31. The predicted octanol–water partition coefficient (Wildman–Crippen LogP) is 3.81. The van der Waals surface area contributed by atoms with Crippen LogP contribution in [0.4, 0.5) is 10.1 Å². The summed E-state index contributed by atoms with van der Waals surface area (Å²) in [5.41, 5.74) is 7.16. The first-order chi connectivity index (χ1) is 8.65. The van der Waals surface area contributed by atoms with Crippen LogP contribution in [0.15, 0.2) is 18.2 Å². The Morgan fingerprint density at radius 2 is 1.67 bits per heavy atom. The number of hydrogen-bond donors (Lipinski definition) is 1. The molecule has 0 aromatic heterocycles. The number of nitrogens with two attached hydrogens (primary N) is 1. The van der Waals surface area contributed by atoms with Crippen molar-refractivity contribution in [3.05, 3.63) is 29.6 Å². The molecule has 0 heterocycles. The smallest absolute Gasteiger partial charge is 0.125 e. The predicted molar refractivity (Wildman–Crippen MR) is 75.9 cm³/mol. The van der Waals surface area contributed by atoms with E-state index in [9.17, 15) is 4.39 Å². The summed E-state index contributed by atoms with van der Waals surface area (Å²) < 4.78 is 13.3. The van der Waals surface area contributed by atoms with Crippen molar-refractivity contribution in [2.75, 3.05) is 18.8 Å². The van der Waals surface area contributed by atoms with Gasteiger partial charge in [-0.05, 0) is 49.7 Å². The van der Waals surface area contributed by atoms with E-state index in [1.165, 1.54) is 31.7 Å². The Labute approximate surface area is 110 Å². The second-order valence-electron chi connectivity index (χ2n) is 4.88. The standard InChI is InChI=1S/C15H25FN2/c1-3-5-7-18(8-6-4-2)12-13-9-14(16)11-15(17)10-13/h9-11H,3-8,12,17H2,1-2H3. The molecule has 2 N–H and O–H groups in total. The van der Waals surface area contributed by atoms with Gasteiger partial charge in [0.05, 0.1) is 0 Å². The highest BCUT2D eigenvalue weighted by molar-refractivity contribution is 5.41. The Morgan fingerprint density at radius 3 is 2.17 bits per heavy atom. The quantitative estimate of drug-likeness (QED) is 0.713. The van der Waals surface area contributed by atoms with Gasteiger partial charge < -0.3 is 5.73 Å². The van der Waals surface area contributed by atoms with Crippen molar-refractivity contribution in [1.29, 1.82) is 0 Å². The van der Waals surface area contributed by atoms with E-state index in [4.69, 9.17) is 5.73 Å². The van der Waals surface area contributed by atoms with Crippen molar-refractivity contribution in [3.8, 4) is 0 Å². The van der Waals surface area contributed by atoms with E-state index in [0.29, 0.717) is 5.69 Å². The third-order valence-electron chi connectivity index (χ3n) is 3.04. The van der Waals surface area contributed by atoms with Gasteiger partial charge in [-0.2, -0.15) is 0 Å². The summed E-state index contributed by atoms with van der Waals surface area (Å²) >= 11 is 0. The fourth-order valence-corrected chi connectivity index (χ4v) is 2.06. The van der Waals surface area contributed by atoms with E-state index in [-0.39, 0.29) is 5.82 Å². The monoisotopic (exact) mass is 252 g/mol. The van der Waals surface area contributed by atoms with Crippen molar-refractivity contribution >= 4 is 5.69 Å². The highest BCUT2D eigenvalue weighted by Crippen LogP contribution is 2.14. The normalized spacial score (nSPS) is 11.1. The molecule has 0 atom stereocenters. The number of unbranched alkanes of at least 4 members (excludes halogenated alkanes) is 2. The summed E-state index contributed by atoms with van der Waals surface area (Å²) in [4.78, 5) is 2.39. The molecule has 102 valence electrons. The minimum atomic E-state index is -0.240. The lowest BCUT2D eigenvalue weighted by Gasteiger charge is -2.22. The molecule has 18 heavy (non-hydrogen) atoms. The van der Waals surface area contributed by atoms with Crippen LogP contribution in [0.25, 0.3) is 0 Å². The molecule has 0 saturated carbocycles. The van der Waals surface area contributed by atoms with Gasteiger partial charge in [-0.1, -0.05) is 26.7 Å². The molecule has 0 amide bonds. The molecule has 2 nitrogen and oxygen atoms in total. The molecule has 0 aliphatic rings. The first-order valence-electron chi connectivity index (χ1n) is 6.93. The zero-order chi connectivity index (χ0) is 13.4. The maximum Gasteiger partial charge on any atom is 0.125 e. The van der Waals surface area contributed by atoms with Crippen LogP contribution in [-0.2, 0) is 6.54 Å². The first kappa shape index (κ1) is 15.0. The average molecular weight is 252 g/mol. The van der Waals surface area contributed by atoms with Gasteiger partial charge in [-0.25, -0.2) is 4.39 Å². The van der Waals surface area contributed by atoms with Crippen molar-refractivity contribution in [2.24, 2.45) is 0 Å². The number of benzene rings is 1. The van der Waals surface area contributed by atoms with E-state index in [1.807, 2.05) is 6.07 Å². The molecule has 3 heteroatoms. The van der Waals surface area contributed by atoms with E-state index < -0.39 is 0 Å². The molecular formula is C15H25FN2. The molecule has 0 aliphatic carbocycles. The SMILES string of the molecule is CCCCN(CCCC)Cc1cc(N)cc(F)c1. The second kappa shape index (κ2) is 8.09. The van der Waals surface area contributed by atoms with Gasteiger partial charge in [0.15, 0.2) is 0 Å². The maximum absolute atomic E-state index is 13.3. The maximum atomic E-state index is 13.3. The third kappa shape index (κ3) is 5.50. The van der Waals surface area contributed by atoms with Crippen LogP contribution in [-0.4, -0.2) is 18.0 Å². The molecule has 1 aromatic rings. The summed E-state index contributed by atoms with van der Waals surface area (Å²) in [6, 6.07) is 4.82. The molecule has 0 aliphatic heterocycles. The molecule has 0 unspecified atom stereocenters. The van der Waals surface area contributed by atoms with Gasteiger partial charge in [0, 0.05) is 12.2 Å². The van der Waals surface area contributed by atoms with Crippen LogP contribution in [0.3, 0.4) is 0 Å². The molecular weight excluding hydrogens is 227 g/mol. The highest BCUT2D eigenvalue weighted by Gasteiger charge is 2.06. The fourth-order valence-electron chi connectivity index (χ4n) is 2.06. The van der Waals surface area contributed by atoms with Crippen LogP contribution in [0, 0.1) is 5.82 Å². The molecule has 0 spiro atoms. The highest BCUT2D eigenvalue weighted by atomic mass is 19.1. The van der Waals surface area contributed by atoms with E-state index in [0.717, 1.165) is 25.2 Å². The zero-order valence-corrected chi connectivity index (χ0v) is 11.6. The second-order valence-corrected chi connectivity index (χ2v) is 4.88. The van der Waals surface area contributed by atoms with Crippen LogP contribution < -0.4 is 5.73 Å². The molecule has 0 radical (unpaired) electrons. The summed E-state index contributed by atoms with van der Waals surface area (Å²) in [5, 5.41) is 0. The lowest BCUT2D eigenvalue weighted by Crippen LogP contribution is -2.25. The Balaban J connectivity index is 2.62. The van der Waals surface area contributed by atoms with E-state index in [1.54, 1.807) is 6.07 Å². The van der Waals surface area contributed by atoms with Gasteiger partial charge in [0.1, 0.15) is 5.82 Å². The van der Waals surface area contributed by atoms with Crippen LogP contribution >= 0.6 is 0 Å². The summed E-state index contributed by atoms with van der Waals surface area (Å²) in [6.45, 7) is 7.33. The Bertz CT molecular complexity index is 324. The molecule has 0 fully saturated rings. The van der Waals surface area contributed by atoms with Gasteiger partial charge in [-0.3, -0.25) is 4.90 Å². The number of rotatable bonds is 8. The number of nitrogens with zero attached hydrogens (tertiary/aromatic N) is 1. The number of anilines is 1. The van der Waals surface area contributed by atoms with Crippen molar-refractivity contribution in [2.45, 2.75) is 46.1 Å². The molecule has 0 bridgehead atoms. The fraction of sp³-hybridized carbons (Fsp3) is 0.600. The third-order valence-corrected chi connectivity index (χ3v) is 3.04. The molecule has 0 saturated heterocycles. The van der Waals surface area contributed by atoms with Gasteiger partial charge in [0.2, 0.25) is 0 Å². The Morgan fingerprint density at radius 1 is 1.06 bits per heavy atom. The van der Waals surface area contributed by atoms with Crippen LogP contribution in [0.5, 0.6) is 0 Å². The molecule has 1 rings (SSSR count). The van der Waals surface area contributed by atoms with Crippen LogP contribution in [0.2, 0.25) is 0 Å². The number of halogens is 1.